The average Bonchev–Trinajstić information content (AvgIpc) is 3.71. The van der Waals surface area contributed by atoms with E-state index >= 15 is 4.39 Å². The molecule has 1 aromatic carbocycles. The molecule has 2 aromatic heterocycles. The Morgan fingerprint density at radius 2 is 1.97 bits per heavy atom. The van der Waals surface area contributed by atoms with E-state index in [1.165, 1.54) is 4.57 Å². The van der Waals surface area contributed by atoms with Crippen LogP contribution in [0, 0.1) is 12.4 Å². The summed E-state index contributed by atoms with van der Waals surface area (Å²) < 4.78 is 16.6. The van der Waals surface area contributed by atoms with Crippen LogP contribution < -0.4 is 10.6 Å². The zero-order valence-electron chi connectivity index (χ0n) is 20.7. The fraction of sp³-hybridized carbons (Fsp3) is 0.481. The Kier molecular flexibility index (Phi) is 6.06. The Morgan fingerprint density at radius 1 is 1.20 bits per heavy atom. The topological polar surface area (TPSA) is 58.6 Å². The number of rotatable bonds is 5. The summed E-state index contributed by atoms with van der Waals surface area (Å²) in [6.07, 6.45) is 3.19. The molecule has 182 valence electrons. The van der Waals surface area contributed by atoms with E-state index in [2.05, 4.69) is 51.5 Å². The van der Waals surface area contributed by atoms with Crippen LogP contribution >= 0.6 is 0 Å². The minimum Gasteiger partial charge on any atom is -0.361 e. The summed E-state index contributed by atoms with van der Waals surface area (Å²) in [5, 5.41) is 0. The van der Waals surface area contributed by atoms with Crippen LogP contribution in [0.5, 0.6) is 0 Å². The SMILES string of the molecule is [C-]#[N+]c1ccc2c(n1)c(N1C[C@@H](CC)N(C(C)c3ccc(C4CC4)cc3F)C[C@@H]1C)nc(=O)n2C. The molecule has 8 heteroatoms. The second-order valence-electron chi connectivity index (χ2n) is 9.92. The highest BCUT2D eigenvalue weighted by Gasteiger charge is 2.37. The molecular weight excluding hydrogens is 443 g/mol. The average molecular weight is 475 g/mol. The zero-order valence-corrected chi connectivity index (χ0v) is 20.7. The third-order valence-corrected chi connectivity index (χ3v) is 7.68. The Bertz CT molecular complexity index is 1370. The molecule has 0 amide bonds. The number of anilines is 1. The van der Waals surface area contributed by atoms with Crippen molar-refractivity contribution in [1.82, 2.24) is 19.4 Å². The van der Waals surface area contributed by atoms with Gasteiger partial charge < -0.3 is 9.74 Å². The van der Waals surface area contributed by atoms with E-state index in [-0.39, 0.29) is 35.5 Å². The molecule has 1 unspecified atom stereocenters. The standard InChI is InChI=1S/C27H31FN6O/c1-6-20-15-33(26-25-23(32(5)27(35)31-26)11-12-24(29-4)30-25)16(2)14-34(20)17(3)21-10-9-19(13-22(21)28)18-7-8-18/h9-13,16-18,20H,6-8,14-15H2,1-3,5H3/t16-,17?,20+/m0/s1. The van der Waals surface area contributed by atoms with E-state index in [0.29, 0.717) is 35.9 Å². The van der Waals surface area contributed by atoms with Gasteiger partial charge in [0, 0.05) is 43.8 Å². The van der Waals surface area contributed by atoms with Gasteiger partial charge in [0.2, 0.25) is 5.52 Å². The van der Waals surface area contributed by atoms with Gasteiger partial charge in [0.05, 0.1) is 5.52 Å². The molecule has 1 aliphatic heterocycles. The van der Waals surface area contributed by atoms with Crippen molar-refractivity contribution in [3.63, 3.8) is 0 Å². The van der Waals surface area contributed by atoms with Crippen molar-refractivity contribution in [1.29, 1.82) is 0 Å². The maximum absolute atomic E-state index is 15.1. The van der Waals surface area contributed by atoms with Crippen molar-refractivity contribution < 1.29 is 4.39 Å². The first-order valence-electron chi connectivity index (χ1n) is 12.4. The minimum absolute atomic E-state index is 0.0234. The van der Waals surface area contributed by atoms with E-state index in [1.54, 1.807) is 25.2 Å². The second-order valence-corrected chi connectivity index (χ2v) is 9.92. The van der Waals surface area contributed by atoms with Crippen LogP contribution in [0.4, 0.5) is 16.0 Å². The third kappa shape index (κ3) is 4.19. The maximum atomic E-state index is 15.1. The van der Waals surface area contributed by atoms with Crippen LogP contribution in [-0.4, -0.2) is 44.6 Å². The van der Waals surface area contributed by atoms with E-state index in [4.69, 9.17) is 6.57 Å². The van der Waals surface area contributed by atoms with Crippen LogP contribution in [0.15, 0.2) is 35.1 Å². The molecule has 1 saturated carbocycles. The second kappa shape index (κ2) is 9.04. The van der Waals surface area contributed by atoms with E-state index in [1.807, 2.05) is 6.07 Å². The van der Waals surface area contributed by atoms with Gasteiger partial charge >= 0.3 is 5.69 Å². The highest BCUT2D eigenvalue weighted by molar-refractivity contribution is 5.87. The van der Waals surface area contributed by atoms with E-state index < -0.39 is 0 Å². The van der Waals surface area contributed by atoms with Crippen molar-refractivity contribution in [2.75, 3.05) is 18.0 Å². The molecule has 3 aromatic rings. The van der Waals surface area contributed by atoms with Gasteiger partial charge in [-0.1, -0.05) is 25.6 Å². The first-order valence-corrected chi connectivity index (χ1v) is 12.4. The molecule has 0 radical (unpaired) electrons. The largest absolute Gasteiger partial charge is 0.361 e. The number of hydrogen-bond donors (Lipinski definition) is 0. The number of nitrogens with zero attached hydrogens (tertiary/aromatic N) is 6. The molecule has 35 heavy (non-hydrogen) atoms. The molecule has 3 heterocycles. The number of benzene rings is 1. The summed E-state index contributed by atoms with van der Waals surface area (Å²) >= 11 is 0. The first kappa shape index (κ1) is 23.4. The Morgan fingerprint density at radius 3 is 2.63 bits per heavy atom. The van der Waals surface area contributed by atoms with Gasteiger partial charge in [-0.2, -0.15) is 4.98 Å². The highest BCUT2D eigenvalue weighted by Crippen LogP contribution is 2.41. The summed E-state index contributed by atoms with van der Waals surface area (Å²) in [6, 6.07) is 9.26. The van der Waals surface area contributed by atoms with Gasteiger partial charge in [-0.25, -0.2) is 9.18 Å². The predicted octanol–water partition coefficient (Wildman–Crippen LogP) is 4.95. The monoisotopic (exact) mass is 474 g/mol. The molecule has 7 nitrogen and oxygen atoms in total. The third-order valence-electron chi connectivity index (χ3n) is 7.68. The van der Waals surface area contributed by atoms with Crippen molar-refractivity contribution in [2.45, 2.75) is 64.1 Å². The lowest BCUT2D eigenvalue weighted by molar-refractivity contribution is 0.104. The lowest BCUT2D eigenvalue weighted by Crippen LogP contribution is -2.58. The van der Waals surface area contributed by atoms with Crippen LogP contribution in [0.1, 0.15) is 63.1 Å². The fourth-order valence-electron chi connectivity index (χ4n) is 5.39. The normalized spacial score (nSPS) is 21.8. The molecule has 3 atom stereocenters. The molecule has 0 spiro atoms. The fourth-order valence-corrected chi connectivity index (χ4v) is 5.39. The molecule has 1 saturated heterocycles. The van der Waals surface area contributed by atoms with E-state index in [9.17, 15) is 4.79 Å². The molecule has 0 bridgehead atoms. The summed E-state index contributed by atoms with van der Waals surface area (Å²) in [7, 11) is 1.67. The molecule has 5 rings (SSSR count). The van der Waals surface area contributed by atoms with Gasteiger partial charge in [0.1, 0.15) is 5.82 Å². The van der Waals surface area contributed by atoms with Crippen molar-refractivity contribution >= 4 is 22.7 Å². The van der Waals surface area contributed by atoms with Gasteiger partial charge in [-0.15, -0.1) is 4.98 Å². The number of fused-ring (bicyclic) bond motifs is 1. The van der Waals surface area contributed by atoms with Gasteiger partial charge in [-0.05, 0) is 62.8 Å². The number of halogens is 1. The molecule has 2 aliphatic rings. The summed E-state index contributed by atoms with van der Waals surface area (Å²) in [6.45, 7) is 15.0. The van der Waals surface area contributed by atoms with Crippen molar-refractivity contribution in [3.05, 3.63) is 69.2 Å². The van der Waals surface area contributed by atoms with Crippen molar-refractivity contribution in [2.24, 2.45) is 7.05 Å². The van der Waals surface area contributed by atoms with Crippen LogP contribution in [-0.2, 0) is 7.05 Å². The summed E-state index contributed by atoms with van der Waals surface area (Å²) in [4.78, 5) is 29.5. The van der Waals surface area contributed by atoms with Crippen LogP contribution in [0.25, 0.3) is 15.9 Å². The Labute approximate surface area is 205 Å². The van der Waals surface area contributed by atoms with Crippen LogP contribution in [0.2, 0.25) is 0 Å². The van der Waals surface area contributed by atoms with Crippen LogP contribution in [0.3, 0.4) is 0 Å². The lowest BCUT2D eigenvalue weighted by atomic mass is 9.97. The minimum atomic E-state index is -0.348. The first-order chi connectivity index (χ1) is 16.8. The van der Waals surface area contributed by atoms with E-state index in [0.717, 1.165) is 30.4 Å². The number of aryl methyl sites for hydroxylation is 1. The number of pyridine rings is 1. The molecule has 1 aliphatic carbocycles. The quantitative estimate of drug-likeness (QED) is 0.490. The Balaban J connectivity index is 1.48. The highest BCUT2D eigenvalue weighted by atomic mass is 19.1. The maximum Gasteiger partial charge on any atom is 0.350 e. The van der Waals surface area contributed by atoms with Crippen molar-refractivity contribution in [3.8, 4) is 0 Å². The molecule has 0 N–H and O–H groups in total. The molecule has 2 fully saturated rings. The number of aromatic nitrogens is 3. The van der Waals surface area contributed by atoms with Gasteiger partial charge in [0.15, 0.2) is 5.82 Å². The van der Waals surface area contributed by atoms with Gasteiger partial charge in [0.25, 0.3) is 5.82 Å². The number of hydrogen-bond acceptors (Lipinski definition) is 5. The predicted molar refractivity (Wildman–Crippen MR) is 135 cm³/mol. The van der Waals surface area contributed by atoms with Gasteiger partial charge in [-0.3, -0.25) is 9.47 Å². The Hall–Kier alpha value is -3.31. The molecular formula is C27H31FN6O. The smallest absolute Gasteiger partial charge is 0.350 e. The summed E-state index contributed by atoms with van der Waals surface area (Å²) in [5.41, 5.74) is 2.71. The number of piperazine rings is 1. The zero-order chi connectivity index (χ0) is 24.9. The lowest BCUT2D eigenvalue weighted by Gasteiger charge is -2.48. The summed E-state index contributed by atoms with van der Waals surface area (Å²) in [5.74, 6) is 1.20.